The minimum atomic E-state index is -0.309. The van der Waals surface area contributed by atoms with Gasteiger partial charge < -0.3 is 0 Å². The first kappa shape index (κ1) is 7.91. The molecule has 2 aromatic rings. The number of nitrogens with one attached hydrogen (secondary N) is 1. The molecule has 0 radical (unpaired) electrons. The number of rotatable bonds is 1. The van der Waals surface area contributed by atoms with Crippen LogP contribution < -0.4 is 0 Å². The molecule has 0 unspecified atom stereocenters. The highest BCUT2D eigenvalue weighted by atomic mass is 19.1. The Kier molecular flexibility index (Phi) is 1.62. The largest absolute Gasteiger partial charge is 0.296 e. The van der Waals surface area contributed by atoms with Crippen LogP contribution >= 0.6 is 0 Å². The number of fused-ring (bicyclic) bond motifs is 1. The fraction of sp³-hybridized carbons (Fsp3) is 0.111. The Morgan fingerprint density at radius 3 is 3.00 bits per heavy atom. The summed E-state index contributed by atoms with van der Waals surface area (Å²) in [6.45, 7) is 1.63. The first-order valence-electron chi connectivity index (χ1n) is 3.82. The molecule has 0 bridgehead atoms. The second kappa shape index (κ2) is 2.65. The fourth-order valence-corrected chi connectivity index (χ4v) is 1.30. The summed E-state index contributed by atoms with van der Waals surface area (Å²) in [7, 11) is 0. The van der Waals surface area contributed by atoms with Gasteiger partial charge in [-0.25, -0.2) is 4.39 Å². The van der Waals surface area contributed by atoms with Crippen molar-refractivity contribution in [2.24, 2.45) is 0 Å². The van der Waals surface area contributed by atoms with Crippen molar-refractivity contribution in [3.63, 3.8) is 0 Å². The lowest BCUT2D eigenvalue weighted by atomic mass is 10.1. The maximum Gasteiger partial charge on any atom is 0.168 e. The highest BCUT2D eigenvalue weighted by Crippen LogP contribution is 2.20. The van der Waals surface area contributed by atoms with E-state index in [-0.39, 0.29) is 5.82 Å². The third kappa shape index (κ3) is 1.02. The quantitative estimate of drug-likeness (QED) is 0.677. The van der Waals surface area contributed by atoms with Crippen LogP contribution in [0.4, 0.5) is 4.39 Å². The van der Waals surface area contributed by atoms with Gasteiger partial charge in [0.2, 0.25) is 0 Å². The Bertz CT molecular complexity index is 476. The summed E-state index contributed by atoms with van der Waals surface area (Å²) >= 11 is 0. The molecule has 0 aliphatic rings. The Morgan fingerprint density at radius 2 is 2.31 bits per heavy atom. The molecule has 1 N–H and O–H groups in total. The van der Waals surface area contributed by atoms with E-state index in [1.807, 2.05) is 0 Å². The van der Waals surface area contributed by atoms with Gasteiger partial charge in [0.25, 0.3) is 0 Å². The Balaban J connectivity index is 2.88. The summed E-state index contributed by atoms with van der Waals surface area (Å²) in [5, 5.41) is 7.06. The highest BCUT2D eigenvalue weighted by Gasteiger charge is 2.08. The van der Waals surface area contributed by atoms with E-state index in [0.29, 0.717) is 28.4 Å². The molecule has 0 saturated carbocycles. The number of hydrogen-bond acceptors (Lipinski definition) is 2. The Hall–Kier alpha value is -1.71. The molecule has 0 aliphatic carbocycles. The van der Waals surface area contributed by atoms with Crippen molar-refractivity contribution in [3.05, 3.63) is 29.2 Å². The predicted octanol–water partition coefficient (Wildman–Crippen LogP) is 1.82. The molecule has 0 amide bonds. The lowest BCUT2D eigenvalue weighted by Gasteiger charge is -1.95. The minimum Gasteiger partial charge on any atom is -0.296 e. The van der Waals surface area contributed by atoms with Crippen molar-refractivity contribution < 1.29 is 9.18 Å². The van der Waals surface area contributed by atoms with E-state index in [1.165, 1.54) is 6.07 Å². The van der Waals surface area contributed by atoms with E-state index in [9.17, 15) is 9.18 Å². The van der Waals surface area contributed by atoms with Crippen LogP contribution in [0.1, 0.15) is 16.1 Å². The van der Waals surface area contributed by atoms with Crippen LogP contribution in [0.5, 0.6) is 0 Å². The van der Waals surface area contributed by atoms with Gasteiger partial charge >= 0.3 is 0 Å². The molecule has 0 atom stereocenters. The first-order chi connectivity index (χ1) is 6.24. The fourth-order valence-electron chi connectivity index (χ4n) is 1.30. The molecule has 1 heterocycles. The number of benzene rings is 1. The van der Waals surface area contributed by atoms with E-state index >= 15 is 0 Å². The number of carbonyl (C=O) groups excluding carboxylic acids is 1. The normalized spacial score (nSPS) is 10.6. The second-order valence-corrected chi connectivity index (χ2v) is 2.82. The van der Waals surface area contributed by atoms with E-state index < -0.39 is 0 Å². The van der Waals surface area contributed by atoms with Crippen LogP contribution in [-0.4, -0.2) is 16.5 Å². The SMILES string of the molecule is Cc1c(F)ccc2c(C=O)[nH]nc12. The van der Waals surface area contributed by atoms with Gasteiger partial charge in [-0.1, -0.05) is 0 Å². The lowest BCUT2D eigenvalue weighted by molar-refractivity contribution is 0.112. The number of carbonyl (C=O) groups is 1. The lowest BCUT2D eigenvalue weighted by Crippen LogP contribution is -1.83. The Labute approximate surface area is 73.6 Å². The van der Waals surface area contributed by atoms with Gasteiger partial charge in [0.15, 0.2) is 6.29 Å². The van der Waals surface area contributed by atoms with Gasteiger partial charge in [-0.2, -0.15) is 5.10 Å². The highest BCUT2D eigenvalue weighted by molar-refractivity contribution is 5.96. The maximum atomic E-state index is 13.0. The number of aromatic nitrogens is 2. The van der Waals surface area contributed by atoms with Gasteiger partial charge in [-0.15, -0.1) is 0 Å². The smallest absolute Gasteiger partial charge is 0.168 e. The van der Waals surface area contributed by atoms with Crippen molar-refractivity contribution in [1.82, 2.24) is 10.2 Å². The van der Waals surface area contributed by atoms with E-state index in [1.54, 1.807) is 13.0 Å². The zero-order valence-corrected chi connectivity index (χ0v) is 6.97. The van der Waals surface area contributed by atoms with Crippen molar-refractivity contribution in [2.75, 3.05) is 0 Å². The molecule has 4 heteroatoms. The van der Waals surface area contributed by atoms with Gasteiger partial charge in [-0.05, 0) is 19.1 Å². The van der Waals surface area contributed by atoms with Gasteiger partial charge in [0.05, 0.1) is 5.52 Å². The number of H-pyrrole nitrogens is 1. The van der Waals surface area contributed by atoms with E-state index in [4.69, 9.17) is 0 Å². The monoisotopic (exact) mass is 178 g/mol. The van der Waals surface area contributed by atoms with Crippen LogP contribution in [0.15, 0.2) is 12.1 Å². The predicted molar refractivity (Wildman–Crippen MR) is 46.2 cm³/mol. The van der Waals surface area contributed by atoms with Gasteiger partial charge in [0, 0.05) is 10.9 Å². The topological polar surface area (TPSA) is 45.8 Å². The average Bonchev–Trinajstić information content (AvgIpc) is 2.55. The van der Waals surface area contributed by atoms with Gasteiger partial charge in [0.1, 0.15) is 11.5 Å². The molecule has 66 valence electrons. The van der Waals surface area contributed by atoms with Crippen LogP contribution in [0.25, 0.3) is 10.9 Å². The van der Waals surface area contributed by atoms with Gasteiger partial charge in [-0.3, -0.25) is 9.89 Å². The molecule has 0 saturated heterocycles. The standard InChI is InChI=1S/C9H7FN2O/c1-5-7(10)3-2-6-8(4-13)11-12-9(5)6/h2-4H,1H3,(H,11,12). The minimum absolute atomic E-state index is 0.309. The number of nitrogens with zero attached hydrogens (tertiary/aromatic N) is 1. The van der Waals surface area contributed by atoms with Crippen molar-refractivity contribution in [3.8, 4) is 0 Å². The summed E-state index contributed by atoms with van der Waals surface area (Å²) in [6, 6.07) is 2.88. The molecule has 1 aromatic heterocycles. The average molecular weight is 178 g/mol. The van der Waals surface area contributed by atoms with Crippen LogP contribution in [-0.2, 0) is 0 Å². The summed E-state index contributed by atoms with van der Waals surface area (Å²) in [4.78, 5) is 10.5. The Morgan fingerprint density at radius 1 is 1.54 bits per heavy atom. The van der Waals surface area contributed by atoms with Crippen LogP contribution in [0.3, 0.4) is 0 Å². The molecule has 1 aromatic carbocycles. The molecule has 2 rings (SSSR count). The van der Waals surface area contributed by atoms with E-state index in [0.717, 1.165) is 0 Å². The van der Waals surface area contributed by atoms with Crippen molar-refractivity contribution in [2.45, 2.75) is 6.92 Å². The summed E-state index contributed by atoms with van der Waals surface area (Å²) in [5.74, 6) is -0.309. The third-order valence-corrected chi connectivity index (χ3v) is 2.06. The number of hydrogen-bond donors (Lipinski definition) is 1. The van der Waals surface area contributed by atoms with E-state index in [2.05, 4.69) is 10.2 Å². The molecule has 3 nitrogen and oxygen atoms in total. The van der Waals surface area contributed by atoms with Crippen LogP contribution in [0.2, 0.25) is 0 Å². The zero-order chi connectivity index (χ0) is 9.42. The summed E-state index contributed by atoms with van der Waals surface area (Å²) < 4.78 is 13.0. The maximum absolute atomic E-state index is 13.0. The summed E-state index contributed by atoms with van der Waals surface area (Å²) in [6.07, 6.45) is 0.673. The molecule has 0 spiro atoms. The summed E-state index contributed by atoms with van der Waals surface area (Å²) in [5.41, 5.74) is 1.36. The number of aryl methyl sites for hydroxylation is 1. The third-order valence-electron chi connectivity index (χ3n) is 2.06. The second-order valence-electron chi connectivity index (χ2n) is 2.82. The molecular weight excluding hydrogens is 171 g/mol. The number of aldehydes is 1. The molecule has 0 aliphatic heterocycles. The molecule has 13 heavy (non-hydrogen) atoms. The first-order valence-corrected chi connectivity index (χ1v) is 3.82. The zero-order valence-electron chi connectivity index (χ0n) is 6.97. The van der Waals surface area contributed by atoms with Crippen LogP contribution in [0, 0.1) is 12.7 Å². The number of aromatic amines is 1. The molecule has 0 fully saturated rings. The number of halogens is 1. The molecular formula is C9H7FN2O. The van der Waals surface area contributed by atoms with Crippen molar-refractivity contribution in [1.29, 1.82) is 0 Å². The van der Waals surface area contributed by atoms with Crippen molar-refractivity contribution >= 4 is 17.2 Å².